The van der Waals surface area contributed by atoms with E-state index >= 15 is 0 Å². The molecule has 0 amide bonds. The second-order valence-corrected chi connectivity index (χ2v) is 8.79. The third kappa shape index (κ3) is 4.28. The zero-order chi connectivity index (χ0) is 21.0. The summed E-state index contributed by atoms with van der Waals surface area (Å²) in [5.74, 6) is 0.423. The lowest BCUT2D eigenvalue weighted by molar-refractivity contribution is 0.571. The molecule has 154 valence electrons. The Morgan fingerprint density at radius 1 is 1.10 bits per heavy atom. The molecule has 0 radical (unpaired) electrons. The van der Waals surface area contributed by atoms with Gasteiger partial charge in [-0.25, -0.2) is 13.4 Å². The number of hydrogen-bond donors (Lipinski definition) is 1. The molecule has 0 aliphatic carbocycles. The highest BCUT2D eigenvalue weighted by Crippen LogP contribution is 2.32. The normalized spacial score (nSPS) is 11.5. The van der Waals surface area contributed by atoms with Gasteiger partial charge in [-0.1, -0.05) is 35.9 Å². The fourth-order valence-electron chi connectivity index (χ4n) is 3.10. The average Bonchev–Trinajstić information content (AvgIpc) is 3.42. The van der Waals surface area contributed by atoms with E-state index in [4.69, 9.17) is 4.42 Å². The molecule has 0 spiro atoms. The first-order chi connectivity index (χ1) is 14.5. The average molecular weight is 423 g/mol. The Morgan fingerprint density at radius 2 is 1.93 bits per heavy atom. The van der Waals surface area contributed by atoms with E-state index < -0.39 is 9.84 Å². The van der Waals surface area contributed by atoms with Crippen molar-refractivity contribution in [2.24, 2.45) is 0 Å². The van der Waals surface area contributed by atoms with Crippen molar-refractivity contribution in [3.05, 3.63) is 78.9 Å². The minimum absolute atomic E-state index is 0.104. The topological polar surface area (TPSA) is 90.0 Å². The van der Waals surface area contributed by atoms with Crippen LogP contribution in [0.5, 0.6) is 0 Å². The molecule has 0 fully saturated rings. The van der Waals surface area contributed by atoms with Gasteiger partial charge in [-0.05, 0) is 37.6 Å². The van der Waals surface area contributed by atoms with E-state index in [9.17, 15) is 8.42 Å². The van der Waals surface area contributed by atoms with Gasteiger partial charge in [-0.15, -0.1) is 0 Å². The predicted molar refractivity (Wildman–Crippen MR) is 114 cm³/mol. The minimum Gasteiger partial charge on any atom is -0.419 e. The van der Waals surface area contributed by atoms with Gasteiger partial charge in [0.05, 0.1) is 11.2 Å². The Morgan fingerprint density at radius 3 is 2.67 bits per heavy atom. The van der Waals surface area contributed by atoms with Gasteiger partial charge in [0.2, 0.25) is 26.6 Å². The Balaban J connectivity index is 1.64. The maximum atomic E-state index is 13.2. The highest BCUT2D eigenvalue weighted by atomic mass is 32.2. The molecule has 0 bridgehead atoms. The number of aromatic nitrogens is 3. The van der Waals surface area contributed by atoms with Crippen molar-refractivity contribution in [2.45, 2.75) is 29.8 Å². The zero-order valence-corrected chi connectivity index (χ0v) is 17.3. The molecule has 2 aromatic carbocycles. The molecule has 0 saturated heterocycles. The number of imidazole rings is 1. The van der Waals surface area contributed by atoms with E-state index in [0.717, 1.165) is 24.1 Å². The summed E-state index contributed by atoms with van der Waals surface area (Å²) in [7, 11) is -3.83. The molecule has 0 aliphatic rings. The fraction of sp³-hybridized carbons (Fsp3) is 0.182. The van der Waals surface area contributed by atoms with Crippen LogP contribution in [0.15, 0.2) is 87.7 Å². The van der Waals surface area contributed by atoms with Crippen molar-refractivity contribution >= 4 is 15.7 Å². The molecule has 2 heterocycles. The molecule has 4 rings (SSSR count). The third-order valence-corrected chi connectivity index (χ3v) is 6.29. The number of sulfone groups is 1. The minimum atomic E-state index is -3.83. The van der Waals surface area contributed by atoms with Crippen molar-refractivity contribution in [3.8, 4) is 11.5 Å². The van der Waals surface area contributed by atoms with E-state index in [0.29, 0.717) is 6.54 Å². The van der Waals surface area contributed by atoms with E-state index in [2.05, 4.69) is 15.3 Å². The Kier molecular flexibility index (Phi) is 5.67. The van der Waals surface area contributed by atoms with Crippen LogP contribution in [0, 0.1) is 6.92 Å². The SMILES string of the molecule is Cc1cccc(-c2nc(S(=O)(=O)c3ccccc3)c(NCCCn3ccnc3)o2)c1. The van der Waals surface area contributed by atoms with E-state index in [-0.39, 0.29) is 21.7 Å². The van der Waals surface area contributed by atoms with Crippen LogP contribution in [0.25, 0.3) is 11.5 Å². The summed E-state index contributed by atoms with van der Waals surface area (Å²) in [6, 6.07) is 15.9. The van der Waals surface area contributed by atoms with Crippen LogP contribution in [0.2, 0.25) is 0 Å². The highest BCUT2D eigenvalue weighted by molar-refractivity contribution is 7.91. The Bertz CT molecular complexity index is 1220. The maximum Gasteiger partial charge on any atom is 0.233 e. The van der Waals surface area contributed by atoms with Crippen LogP contribution in [0.1, 0.15) is 12.0 Å². The summed E-state index contributed by atoms with van der Waals surface area (Å²) in [5.41, 5.74) is 1.76. The van der Waals surface area contributed by atoms with Crippen molar-refractivity contribution in [2.75, 3.05) is 11.9 Å². The second kappa shape index (κ2) is 8.54. The first-order valence-corrected chi connectivity index (χ1v) is 11.1. The number of oxazole rings is 1. The fourth-order valence-corrected chi connectivity index (χ4v) is 4.40. The molecule has 0 saturated carbocycles. The number of hydrogen-bond acceptors (Lipinski definition) is 6. The van der Waals surface area contributed by atoms with Crippen molar-refractivity contribution in [1.82, 2.24) is 14.5 Å². The van der Waals surface area contributed by atoms with Crippen LogP contribution in [-0.2, 0) is 16.4 Å². The summed E-state index contributed by atoms with van der Waals surface area (Å²) in [6.07, 6.45) is 6.12. The summed E-state index contributed by atoms with van der Waals surface area (Å²) in [5, 5.41) is 3.01. The summed E-state index contributed by atoms with van der Waals surface area (Å²) >= 11 is 0. The standard InChI is InChI=1S/C22H22N4O3S/c1-17-7-5-8-18(15-17)20-25-22(30(27,28)19-9-3-2-4-10-19)21(29-20)24-11-6-13-26-14-12-23-16-26/h2-5,7-10,12,14-16,24H,6,11,13H2,1H3. The van der Waals surface area contributed by atoms with Crippen LogP contribution in [0.3, 0.4) is 0 Å². The molecule has 2 aromatic heterocycles. The van der Waals surface area contributed by atoms with E-state index in [1.807, 2.05) is 42.0 Å². The number of rotatable bonds is 8. The largest absolute Gasteiger partial charge is 0.419 e. The van der Waals surface area contributed by atoms with Gasteiger partial charge < -0.3 is 14.3 Å². The predicted octanol–water partition coefficient (Wildman–Crippen LogP) is 4.18. The monoisotopic (exact) mass is 422 g/mol. The molecule has 7 nitrogen and oxygen atoms in total. The first-order valence-electron chi connectivity index (χ1n) is 9.62. The summed E-state index contributed by atoms with van der Waals surface area (Å²) in [6.45, 7) is 3.24. The van der Waals surface area contributed by atoms with Crippen LogP contribution < -0.4 is 5.32 Å². The molecular weight excluding hydrogens is 400 g/mol. The quantitative estimate of drug-likeness (QED) is 0.429. The molecular formula is C22H22N4O3S. The van der Waals surface area contributed by atoms with Crippen LogP contribution >= 0.6 is 0 Å². The number of benzene rings is 2. The van der Waals surface area contributed by atoms with Crippen LogP contribution in [0.4, 0.5) is 5.88 Å². The smallest absolute Gasteiger partial charge is 0.233 e. The van der Waals surface area contributed by atoms with E-state index in [1.165, 1.54) is 0 Å². The molecule has 0 atom stereocenters. The third-order valence-electron chi connectivity index (χ3n) is 4.61. The lowest BCUT2D eigenvalue weighted by Crippen LogP contribution is -2.09. The van der Waals surface area contributed by atoms with Crippen molar-refractivity contribution in [3.63, 3.8) is 0 Å². The number of nitrogens with one attached hydrogen (secondary N) is 1. The van der Waals surface area contributed by atoms with Gasteiger partial charge in [0.25, 0.3) is 0 Å². The van der Waals surface area contributed by atoms with Gasteiger partial charge in [0.15, 0.2) is 0 Å². The Labute approximate surface area is 175 Å². The van der Waals surface area contributed by atoms with E-state index in [1.54, 1.807) is 42.9 Å². The van der Waals surface area contributed by atoms with Gasteiger partial charge in [0.1, 0.15) is 0 Å². The molecule has 4 aromatic rings. The number of anilines is 1. The van der Waals surface area contributed by atoms with Crippen LogP contribution in [-0.4, -0.2) is 29.5 Å². The molecule has 0 unspecified atom stereocenters. The first kappa shape index (κ1) is 19.9. The van der Waals surface area contributed by atoms with Gasteiger partial charge in [0, 0.05) is 31.0 Å². The molecule has 1 N–H and O–H groups in total. The van der Waals surface area contributed by atoms with Crippen molar-refractivity contribution in [1.29, 1.82) is 0 Å². The molecule has 0 aliphatic heterocycles. The van der Waals surface area contributed by atoms with Crippen molar-refractivity contribution < 1.29 is 12.8 Å². The van der Waals surface area contributed by atoms with Gasteiger partial charge in [-0.3, -0.25) is 0 Å². The van der Waals surface area contributed by atoms with Gasteiger partial charge >= 0.3 is 0 Å². The number of nitrogens with zero attached hydrogens (tertiary/aromatic N) is 3. The lowest BCUT2D eigenvalue weighted by Gasteiger charge is -2.06. The maximum absolute atomic E-state index is 13.2. The zero-order valence-electron chi connectivity index (χ0n) is 16.5. The lowest BCUT2D eigenvalue weighted by atomic mass is 10.1. The van der Waals surface area contributed by atoms with Gasteiger partial charge in [-0.2, -0.15) is 4.98 Å². The molecule has 8 heteroatoms. The Hall–Kier alpha value is -3.39. The number of aryl methyl sites for hydroxylation is 2. The summed E-state index contributed by atoms with van der Waals surface area (Å²) < 4.78 is 34.3. The second-order valence-electron chi connectivity index (χ2n) is 6.92. The molecule has 30 heavy (non-hydrogen) atoms. The summed E-state index contributed by atoms with van der Waals surface area (Å²) in [4.78, 5) is 8.56. The highest BCUT2D eigenvalue weighted by Gasteiger charge is 2.28.